The lowest BCUT2D eigenvalue weighted by molar-refractivity contribution is -0.136. The molecule has 0 bridgehead atoms. The number of hydrogen-bond donors (Lipinski definition) is 2. The number of hydrogen-bond acceptors (Lipinski definition) is 3. The number of likely N-dealkylation sites (N-methyl/N-ethyl adjacent to an activating group) is 1. The fourth-order valence-corrected chi connectivity index (χ4v) is 1.59. The van der Waals surface area contributed by atoms with Gasteiger partial charge in [0.1, 0.15) is 0 Å². The van der Waals surface area contributed by atoms with Gasteiger partial charge in [0.15, 0.2) is 0 Å². The van der Waals surface area contributed by atoms with E-state index in [2.05, 4.69) is 0 Å². The van der Waals surface area contributed by atoms with Crippen LogP contribution in [0.4, 0.5) is 0 Å². The summed E-state index contributed by atoms with van der Waals surface area (Å²) in [6.45, 7) is 1.35. The van der Waals surface area contributed by atoms with Crippen molar-refractivity contribution in [1.29, 1.82) is 0 Å². The second-order valence-electron chi connectivity index (χ2n) is 3.80. The third-order valence-electron chi connectivity index (χ3n) is 2.38. The first-order valence-corrected chi connectivity index (χ1v) is 5.21. The summed E-state index contributed by atoms with van der Waals surface area (Å²) in [6.07, 6.45) is 0.0448. The van der Waals surface area contributed by atoms with Gasteiger partial charge in [0.25, 0.3) is 0 Å². The van der Waals surface area contributed by atoms with Gasteiger partial charge in [-0.3, -0.25) is 9.69 Å². The van der Waals surface area contributed by atoms with E-state index in [1.54, 1.807) is 0 Å². The Morgan fingerprint density at radius 1 is 1.31 bits per heavy atom. The first kappa shape index (κ1) is 12.7. The van der Waals surface area contributed by atoms with Crippen LogP contribution in [0, 0.1) is 0 Å². The zero-order chi connectivity index (χ0) is 12.0. The lowest BCUT2D eigenvalue weighted by Gasteiger charge is -2.17. The Balaban J connectivity index is 2.74. The molecule has 0 aliphatic heterocycles. The SMILES string of the molecule is CN(CCO)Cc1ccccc1CC(=O)O. The van der Waals surface area contributed by atoms with Gasteiger partial charge >= 0.3 is 5.97 Å². The van der Waals surface area contributed by atoms with Crippen molar-refractivity contribution < 1.29 is 15.0 Å². The number of carbonyl (C=O) groups is 1. The molecule has 0 aromatic heterocycles. The number of aliphatic carboxylic acids is 1. The molecule has 0 atom stereocenters. The molecule has 0 aliphatic carbocycles. The fourth-order valence-electron chi connectivity index (χ4n) is 1.59. The molecule has 0 amide bonds. The van der Waals surface area contributed by atoms with E-state index in [0.717, 1.165) is 11.1 Å². The minimum absolute atomic E-state index is 0.0448. The van der Waals surface area contributed by atoms with Gasteiger partial charge in [-0.1, -0.05) is 24.3 Å². The van der Waals surface area contributed by atoms with Crippen LogP contribution < -0.4 is 0 Å². The third-order valence-corrected chi connectivity index (χ3v) is 2.38. The van der Waals surface area contributed by atoms with E-state index in [4.69, 9.17) is 10.2 Å². The lowest BCUT2D eigenvalue weighted by Crippen LogP contribution is -2.22. The van der Waals surface area contributed by atoms with E-state index in [0.29, 0.717) is 13.1 Å². The van der Waals surface area contributed by atoms with Crippen molar-refractivity contribution in [2.24, 2.45) is 0 Å². The smallest absolute Gasteiger partial charge is 0.307 e. The van der Waals surface area contributed by atoms with Crippen LogP contribution in [0.15, 0.2) is 24.3 Å². The van der Waals surface area contributed by atoms with Crippen molar-refractivity contribution in [2.45, 2.75) is 13.0 Å². The molecule has 0 radical (unpaired) electrons. The molecule has 4 nitrogen and oxygen atoms in total. The molecule has 0 saturated heterocycles. The van der Waals surface area contributed by atoms with Crippen LogP contribution in [0.5, 0.6) is 0 Å². The zero-order valence-corrected chi connectivity index (χ0v) is 9.39. The highest BCUT2D eigenvalue weighted by Crippen LogP contribution is 2.11. The van der Waals surface area contributed by atoms with E-state index in [-0.39, 0.29) is 13.0 Å². The number of rotatable bonds is 6. The molecule has 2 N–H and O–H groups in total. The Morgan fingerprint density at radius 3 is 2.50 bits per heavy atom. The molecule has 0 aliphatic rings. The summed E-state index contributed by atoms with van der Waals surface area (Å²) in [5.74, 6) is -0.822. The predicted octanol–water partition coefficient (Wildman–Crippen LogP) is 0.738. The molecular formula is C12H17NO3. The Kier molecular flexibility index (Phi) is 4.95. The van der Waals surface area contributed by atoms with Crippen molar-refractivity contribution in [3.8, 4) is 0 Å². The molecule has 0 fully saturated rings. The summed E-state index contributed by atoms with van der Waals surface area (Å²) < 4.78 is 0. The molecule has 0 unspecified atom stereocenters. The maximum Gasteiger partial charge on any atom is 0.307 e. The lowest BCUT2D eigenvalue weighted by atomic mass is 10.0. The van der Waals surface area contributed by atoms with E-state index in [9.17, 15) is 4.79 Å². The van der Waals surface area contributed by atoms with E-state index < -0.39 is 5.97 Å². The standard InChI is InChI=1S/C12H17NO3/c1-13(6-7-14)9-11-5-3-2-4-10(11)8-12(15)16/h2-5,14H,6-9H2,1H3,(H,15,16). The highest BCUT2D eigenvalue weighted by molar-refractivity contribution is 5.70. The van der Waals surface area contributed by atoms with E-state index in [1.807, 2.05) is 36.2 Å². The minimum Gasteiger partial charge on any atom is -0.481 e. The summed E-state index contributed by atoms with van der Waals surface area (Å²) in [4.78, 5) is 12.6. The molecular weight excluding hydrogens is 206 g/mol. The molecule has 0 heterocycles. The number of carboxylic acid groups (broad SMARTS) is 1. The average molecular weight is 223 g/mol. The highest BCUT2D eigenvalue weighted by Gasteiger charge is 2.07. The molecule has 0 spiro atoms. The first-order chi connectivity index (χ1) is 7.63. The van der Waals surface area contributed by atoms with Crippen molar-refractivity contribution in [3.63, 3.8) is 0 Å². The minimum atomic E-state index is -0.822. The van der Waals surface area contributed by atoms with Gasteiger partial charge in [-0.2, -0.15) is 0 Å². The maximum absolute atomic E-state index is 10.7. The molecule has 88 valence electrons. The van der Waals surface area contributed by atoms with Gasteiger partial charge in [0, 0.05) is 13.1 Å². The molecule has 1 aromatic rings. The fraction of sp³-hybridized carbons (Fsp3) is 0.417. The summed E-state index contributed by atoms with van der Waals surface area (Å²) in [5, 5.41) is 17.6. The second kappa shape index (κ2) is 6.25. The average Bonchev–Trinajstić information content (AvgIpc) is 2.20. The zero-order valence-electron chi connectivity index (χ0n) is 9.39. The summed E-state index contributed by atoms with van der Waals surface area (Å²) in [7, 11) is 1.90. The molecule has 4 heteroatoms. The highest BCUT2D eigenvalue weighted by atomic mass is 16.4. The Bertz CT molecular complexity index is 352. The monoisotopic (exact) mass is 223 g/mol. The van der Waals surface area contributed by atoms with E-state index >= 15 is 0 Å². The third kappa shape index (κ3) is 4.00. The number of benzene rings is 1. The summed E-state index contributed by atoms with van der Waals surface area (Å²) >= 11 is 0. The number of aliphatic hydroxyl groups excluding tert-OH is 1. The van der Waals surface area contributed by atoms with Gasteiger partial charge in [0.2, 0.25) is 0 Å². The molecule has 0 saturated carbocycles. The van der Waals surface area contributed by atoms with Crippen LogP contribution in [0.25, 0.3) is 0 Å². The topological polar surface area (TPSA) is 60.8 Å². The van der Waals surface area contributed by atoms with Crippen LogP contribution >= 0.6 is 0 Å². The van der Waals surface area contributed by atoms with Crippen molar-refractivity contribution in [2.75, 3.05) is 20.2 Å². The Morgan fingerprint density at radius 2 is 1.94 bits per heavy atom. The van der Waals surface area contributed by atoms with Gasteiger partial charge in [-0.05, 0) is 18.2 Å². The Labute approximate surface area is 95.1 Å². The number of aliphatic hydroxyl groups is 1. The van der Waals surface area contributed by atoms with Crippen LogP contribution in [0.1, 0.15) is 11.1 Å². The molecule has 1 aromatic carbocycles. The number of carboxylic acids is 1. The predicted molar refractivity (Wildman–Crippen MR) is 61.2 cm³/mol. The summed E-state index contributed by atoms with van der Waals surface area (Å²) in [6, 6.07) is 7.49. The van der Waals surface area contributed by atoms with Crippen molar-refractivity contribution >= 4 is 5.97 Å². The van der Waals surface area contributed by atoms with Gasteiger partial charge in [0.05, 0.1) is 13.0 Å². The molecule has 1 rings (SSSR count). The largest absolute Gasteiger partial charge is 0.481 e. The number of nitrogens with zero attached hydrogens (tertiary/aromatic N) is 1. The maximum atomic E-state index is 10.7. The van der Waals surface area contributed by atoms with Crippen molar-refractivity contribution in [3.05, 3.63) is 35.4 Å². The molecule has 16 heavy (non-hydrogen) atoms. The summed E-state index contributed by atoms with van der Waals surface area (Å²) in [5.41, 5.74) is 1.83. The van der Waals surface area contributed by atoms with Crippen LogP contribution in [-0.2, 0) is 17.8 Å². The second-order valence-corrected chi connectivity index (χ2v) is 3.80. The van der Waals surface area contributed by atoms with Crippen LogP contribution in [0.3, 0.4) is 0 Å². The van der Waals surface area contributed by atoms with Gasteiger partial charge < -0.3 is 10.2 Å². The normalized spacial score (nSPS) is 10.7. The van der Waals surface area contributed by atoms with E-state index in [1.165, 1.54) is 0 Å². The van der Waals surface area contributed by atoms with Crippen molar-refractivity contribution in [1.82, 2.24) is 4.90 Å². The van der Waals surface area contributed by atoms with Crippen LogP contribution in [-0.4, -0.2) is 41.3 Å². The quantitative estimate of drug-likeness (QED) is 0.746. The van der Waals surface area contributed by atoms with Crippen LogP contribution in [0.2, 0.25) is 0 Å². The first-order valence-electron chi connectivity index (χ1n) is 5.21. The van der Waals surface area contributed by atoms with Gasteiger partial charge in [-0.25, -0.2) is 0 Å². The van der Waals surface area contributed by atoms with Gasteiger partial charge in [-0.15, -0.1) is 0 Å². The Hall–Kier alpha value is -1.39.